The molecule has 1 amide bonds. The van der Waals surface area contributed by atoms with Crippen LogP contribution in [0.5, 0.6) is 0 Å². The van der Waals surface area contributed by atoms with Gasteiger partial charge in [0.05, 0.1) is 10.7 Å². The second kappa shape index (κ2) is 8.56. The summed E-state index contributed by atoms with van der Waals surface area (Å²) in [6.07, 6.45) is 1.79. The van der Waals surface area contributed by atoms with Crippen molar-refractivity contribution in [3.05, 3.63) is 58.6 Å². The van der Waals surface area contributed by atoms with Gasteiger partial charge in [-0.2, -0.15) is 0 Å². The number of amides is 1. The molecule has 0 radical (unpaired) electrons. The number of carbonyl (C=O) groups is 1. The Morgan fingerprint density at radius 1 is 1.19 bits per heavy atom. The minimum atomic E-state index is -3.92. The molecular weight excluding hydrogens is 372 g/mol. The van der Waals surface area contributed by atoms with Gasteiger partial charge in [0, 0.05) is 11.6 Å². The standard InChI is InChI=1S/C19H23ClN2O3S/c1-4-7-14(3)21-19(23)15-10-11-16(20)18(12-15)26(24,25)22-17-9-6-5-8-13(17)2/h5-6,8-12,14,22H,4,7H2,1-3H3,(H,21,23)/t14-/m1/s1. The molecule has 0 heterocycles. The van der Waals surface area contributed by atoms with Gasteiger partial charge in [-0.25, -0.2) is 8.42 Å². The number of anilines is 1. The molecule has 0 unspecified atom stereocenters. The molecule has 2 rings (SSSR count). The molecule has 2 N–H and O–H groups in total. The van der Waals surface area contributed by atoms with Gasteiger partial charge in [0.15, 0.2) is 0 Å². The maximum atomic E-state index is 12.7. The van der Waals surface area contributed by atoms with E-state index < -0.39 is 10.0 Å². The first-order chi connectivity index (χ1) is 12.2. The molecule has 0 spiro atoms. The number of halogens is 1. The molecule has 2 aromatic rings. The molecule has 0 saturated heterocycles. The molecule has 2 aromatic carbocycles. The molecule has 140 valence electrons. The SMILES string of the molecule is CCC[C@@H](C)NC(=O)c1ccc(Cl)c(S(=O)(=O)Nc2ccccc2C)c1. The lowest BCUT2D eigenvalue weighted by molar-refractivity contribution is 0.0938. The number of nitrogens with one attached hydrogen (secondary N) is 2. The van der Waals surface area contributed by atoms with Crippen LogP contribution in [0.15, 0.2) is 47.4 Å². The van der Waals surface area contributed by atoms with Crippen LogP contribution in [-0.4, -0.2) is 20.4 Å². The van der Waals surface area contributed by atoms with Gasteiger partial charge in [-0.15, -0.1) is 0 Å². The lowest BCUT2D eigenvalue weighted by Gasteiger charge is -2.15. The number of aryl methyl sites for hydroxylation is 1. The fourth-order valence-electron chi connectivity index (χ4n) is 2.55. The van der Waals surface area contributed by atoms with E-state index in [0.717, 1.165) is 18.4 Å². The molecular formula is C19H23ClN2O3S. The Balaban J connectivity index is 2.31. The van der Waals surface area contributed by atoms with E-state index in [9.17, 15) is 13.2 Å². The lowest BCUT2D eigenvalue weighted by atomic mass is 10.1. The van der Waals surface area contributed by atoms with E-state index >= 15 is 0 Å². The average Bonchev–Trinajstić information content (AvgIpc) is 2.57. The maximum Gasteiger partial charge on any atom is 0.263 e. The number of rotatable bonds is 7. The third kappa shape index (κ3) is 4.99. The van der Waals surface area contributed by atoms with Crippen LogP contribution in [0.1, 0.15) is 42.6 Å². The quantitative estimate of drug-likeness (QED) is 0.732. The van der Waals surface area contributed by atoms with E-state index in [-0.39, 0.29) is 27.4 Å². The van der Waals surface area contributed by atoms with Gasteiger partial charge >= 0.3 is 0 Å². The van der Waals surface area contributed by atoms with Crippen molar-refractivity contribution in [1.82, 2.24) is 5.32 Å². The first-order valence-electron chi connectivity index (χ1n) is 8.43. The highest BCUT2D eigenvalue weighted by Gasteiger charge is 2.21. The summed E-state index contributed by atoms with van der Waals surface area (Å²) in [5, 5.41) is 2.92. The van der Waals surface area contributed by atoms with Crippen LogP contribution in [-0.2, 0) is 10.0 Å². The summed E-state index contributed by atoms with van der Waals surface area (Å²) in [7, 11) is -3.92. The Kier molecular flexibility index (Phi) is 6.67. The fourth-order valence-corrected chi connectivity index (χ4v) is 4.21. The van der Waals surface area contributed by atoms with Gasteiger partial charge in [0.25, 0.3) is 15.9 Å². The molecule has 0 saturated carbocycles. The van der Waals surface area contributed by atoms with Gasteiger partial charge in [0.2, 0.25) is 0 Å². The Morgan fingerprint density at radius 3 is 2.54 bits per heavy atom. The van der Waals surface area contributed by atoms with Crippen molar-refractivity contribution in [2.24, 2.45) is 0 Å². The molecule has 7 heteroatoms. The van der Waals surface area contributed by atoms with E-state index in [1.54, 1.807) is 25.1 Å². The molecule has 26 heavy (non-hydrogen) atoms. The third-order valence-corrected chi connectivity index (χ3v) is 5.82. The Morgan fingerprint density at radius 2 is 1.88 bits per heavy atom. The summed E-state index contributed by atoms with van der Waals surface area (Å²) in [4.78, 5) is 12.2. The predicted octanol–water partition coefficient (Wildman–Crippen LogP) is 4.37. The van der Waals surface area contributed by atoms with Gasteiger partial charge in [-0.1, -0.05) is 43.1 Å². The number of sulfonamides is 1. The normalized spacial score (nSPS) is 12.5. The van der Waals surface area contributed by atoms with Crippen molar-refractivity contribution in [2.75, 3.05) is 4.72 Å². The Labute approximate surface area is 159 Å². The average molecular weight is 395 g/mol. The molecule has 5 nitrogen and oxygen atoms in total. The lowest BCUT2D eigenvalue weighted by Crippen LogP contribution is -2.32. The van der Waals surface area contributed by atoms with E-state index in [0.29, 0.717) is 5.69 Å². The third-order valence-electron chi connectivity index (χ3n) is 3.97. The largest absolute Gasteiger partial charge is 0.350 e. The van der Waals surface area contributed by atoms with Crippen molar-refractivity contribution in [2.45, 2.75) is 44.6 Å². The fraction of sp³-hybridized carbons (Fsp3) is 0.316. The molecule has 0 aromatic heterocycles. The van der Waals surface area contributed by atoms with Crippen LogP contribution < -0.4 is 10.0 Å². The van der Waals surface area contributed by atoms with Crippen LogP contribution in [0, 0.1) is 6.92 Å². The first kappa shape index (κ1) is 20.3. The van der Waals surface area contributed by atoms with Gasteiger partial charge < -0.3 is 5.32 Å². The summed E-state index contributed by atoms with van der Waals surface area (Å²) in [5.41, 5.74) is 1.51. The Bertz CT molecular complexity index is 897. The molecule has 0 aliphatic carbocycles. The smallest absolute Gasteiger partial charge is 0.263 e. The van der Waals surface area contributed by atoms with Crippen LogP contribution in [0.25, 0.3) is 0 Å². The van der Waals surface area contributed by atoms with Gasteiger partial charge in [0.1, 0.15) is 4.90 Å². The van der Waals surface area contributed by atoms with Crippen LogP contribution >= 0.6 is 11.6 Å². The highest BCUT2D eigenvalue weighted by Crippen LogP contribution is 2.26. The summed E-state index contributed by atoms with van der Waals surface area (Å²) in [6.45, 7) is 5.75. The van der Waals surface area contributed by atoms with Crippen molar-refractivity contribution < 1.29 is 13.2 Å². The zero-order valence-electron chi connectivity index (χ0n) is 15.0. The summed E-state index contributed by atoms with van der Waals surface area (Å²) < 4.78 is 28.0. The van der Waals surface area contributed by atoms with Crippen molar-refractivity contribution >= 4 is 33.2 Å². The van der Waals surface area contributed by atoms with E-state index in [2.05, 4.69) is 10.0 Å². The van der Waals surface area contributed by atoms with Gasteiger partial charge in [-0.05, 0) is 50.1 Å². The highest BCUT2D eigenvalue weighted by atomic mass is 35.5. The number of hydrogen-bond acceptors (Lipinski definition) is 3. The molecule has 0 aliphatic heterocycles. The number of para-hydroxylation sites is 1. The minimum absolute atomic E-state index is 0.00771. The monoisotopic (exact) mass is 394 g/mol. The summed E-state index contributed by atoms with van der Waals surface area (Å²) in [6, 6.07) is 11.3. The summed E-state index contributed by atoms with van der Waals surface area (Å²) in [5.74, 6) is -0.324. The molecule has 1 atom stereocenters. The topological polar surface area (TPSA) is 75.3 Å². The second-order valence-electron chi connectivity index (χ2n) is 6.23. The number of benzene rings is 2. The zero-order chi connectivity index (χ0) is 19.3. The predicted molar refractivity (Wildman–Crippen MR) is 105 cm³/mol. The van der Waals surface area contributed by atoms with Crippen LogP contribution in [0.3, 0.4) is 0 Å². The second-order valence-corrected chi connectivity index (χ2v) is 8.29. The zero-order valence-corrected chi connectivity index (χ0v) is 16.6. The van der Waals surface area contributed by atoms with Crippen molar-refractivity contribution in [3.63, 3.8) is 0 Å². The van der Waals surface area contributed by atoms with Crippen LogP contribution in [0.2, 0.25) is 5.02 Å². The van der Waals surface area contributed by atoms with Crippen molar-refractivity contribution in [3.8, 4) is 0 Å². The van der Waals surface area contributed by atoms with Gasteiger partial charge in [-0.3, -0.25) is 9.52 Å². The first-order valence-corrected chi connectivity index (χ1v) is 10.3. The summed E-state index contributed by atoms with van der Waals surface area (Å²) >= 11 is 6.10. The van der Waals surface area contributed by atoms with E-state index in [1.807, 2.05) is 19.9 Å². The maximum absolute atomic E-state index is 12.7. The van der Waals surface area contributed by atoms with Crippen LogP contribution in [0.4, 0.5) is 5.69 Å². The number of hydrogen-bond donors (Lipinski definition) is 2. The Hall–Kier alpha value is -2.05. The number of carbonyl (C=O) groups excluding carboxylic acids is 1. The van der Waals surface area contributed by atoms with Crippen molar-refractivity contribution in [1.29, 1.82) is 0 Å². The molecule has 0 bridgehead atoms. The van der Waals surface area contributed by atoms with E-state index in [1.165, 1.54) is 18.2 Å². The molecule has 0 fully saturated rings. The highest BCUT2D eigenvalue weighted by molar-refractivity contribution is 7.92. The van der Waals surface area contributed by atoms with E-state index in [4.69, 9.17) is 11.6 Å². The molecule has 0 aliphatic rings. The minimum Gasteiger partial charge on any atom is -0.350 e.